The van der Waals surface area contributed by atoms with Crippen LogP contribution < -0.4 is 19.9 Å². The molecule has 6 rings (SSSR count). The number of nitrogens with one attached hydrogen (secondary N) is 1. The SMILES string of the molecule is COc1ccc(CN(c2nn(C)c3c(-n4c([C@H](Cc5cc(F)cc(F)c5)NC(=O)OC(C)(C)C)nc5cc(CS(C)(=O)=O)ccc5c4=O)ccc(Cl)c23)S(C)(=O)=O)cc1. The lowest BCUT2D eigenvalue weighted by Crippen LogP contribution is -2.39. The maximum Gasteiger partial charge on any atom is 0.408 e. The summed E-state index contributed by atoms with van der Waals surface area (Å²) in [5, 5.41) is 7.60. The molecule has 0 unspecified atom stereocenters. The maximum atomic E-state index is 14.9. The average Bonchev–Trinajstić information content (AvgIpc) is 3.45. The number of amides is 1. The quantitative estimate of drug-likeness (QED) is 0.143. The average molecular weight is 871 g/mol. The highest BCUT2D eigenvalue weighted by atomic mass is 35.5. The lowest BCUT2D eigenvalue weighted by molar-refractivity contribution is 0.0500. The van der Waals surface area contributed by atoms with Gasteiger partial charge in [-0.3, -0.25) is 14.0 Å². The van der Waals surface area contributed by atoms with E-state index in [1.165, 1.54) is 53.7 Å². The van der Waals surface area contributed by atoms with Gasteiger partial charge in [-0.1, -0.05) is 29.8 Å². The molecule has 0 saturated heterocycles. The normalized spacial score (nSPS) is 12.8. The van der Waals surface area contributed by atoms with Gasteiger partial charge in [0.2, 0.25) is 10.0 Å². The molecule has 6 aromatic rings. The van der Waals surface area contributed by atoms with E-state index in [4.69, 9.17) is 26.1 Å². The molecule has 0 aliphatic carbocycles. The Bertz CT molecular complexity index is 2880. The van der Waals surface area contributed by atoms with Crippen LogP contribution in [0.5, 0.6) is 5.75 Å². The van der Waals surface area contributed by atoms with Crippen LogP contribution in [0.3, 0.4) is 0 Å². The third-order valence-corrected chi connectivity index (χ3v) is 11.3. The number of methoxy groups -OCH3 is 1. The van der Waals surface area contributed by atoms with Crippen molar-refractivity contribution in [2.24, 2.45) is 7.05 Å². The van der Waals surface area contributed by atoms with E-state index in [1.807, 2.05) is 0 Å². The number of aromatic nitrogens is 4. The first kappa shape index (κ1) is 43.0. The van der Waals surface area contributed by atoms with Gasteiger partial charge in [0.15, 0.2) is 15.7 Å². The van der Waals surface area contributed by atoms with E-state index in [1.54, 1.807) is 45.0 Å². The van der Waals surface area contributed by atoms with Crippen molar-refractivity contribution in [2.45, 2.75) is 51.1 Å². The van der Waals surface area contributed by atoms with Gasteiger partial charge in [-0.15, -0.1) is 0 Å². The van der Waals surface area contributed by atoms with Gasteiger partial charge in [-0.2, -0.15) is 5.10 Å². The summed E-state index contributed by atoms with van der Waals surface area (Å²) in [5.74, 6) is -1.79. The van der Waals surface area contributed by atoms with Crippen LogP contribution in [-0.2, 0) is 50.4 Å². The molecular weight excluding hydrogens is 830 g/mol. The molecule has 0 aliphatic rings. The number of carbonyl (C=O) groups excluding carboxylic acids is 1. The number of alkyl carbamates (subject to hydrolysis) is 1. The Labute approximate surface area is 344 Å². The standard InChI is InChI=1S/C40H41ClF2N6O8S2/c1-40(2,3)57-39(51)45-32(19-25-16-26(42)20-27(43)17-25)36-44-31-18-24(22-58(6,52)53)10-13-29(31)38(50)49(36)33-15-14-30(41)34-35(33)47(4)46-37(34)48(59(7,54)55)21-23-8-11-28(56-5)12-9-23/h8-18,20,32H,19,21-22H2,1-7H3,(H,45,51)/t32-/m0/s1. The first-order valence-electron chi connectivity index (χ1n) is 18.0. The Balaban J connectivity index is 1.66. The maximum absolute atomic E-state index is 14.9. The Morgan fingerprint density at radius 3 is 2.17 bits per heavy atom. The lowest BCUT2D eigenvalue weighted by Gasteiger charge is -2.26. The molecule has 1 N–H and O–H groups in total. The van der Waals surface area contributed by atoms with Crippen LogP contribution in [0.25, 0.3) is 27.5 Å². The highest BCUT2D eigenvalue weighted by Gasteiger charge is 2.31. The van der Waals surface area contributed by atoms with Crippen LogP contribution >= 0.6 is 11.6 Å². The number of hydrogen-bond acceptors (Lipinski definition) is 10. The van der Waals surface area contributed by atoms with Gasteiger partial charge >= 0.3 is 6.09 Å². The zero-order chi connectivity index (χ0) is 43.2. The van der Waals surface area contributed by atoms with Crippen LogP contribution in [0, 0.1) is 11.6 Å². The molecule has 0 aliphatic heterocycles. The topological polar surface area (TPSA) is 172 Å². The second kappa shape index (κ2) is 16.2. The van der Waals surface area contributed by atoms with Crippen LogP contribution in [0.1, 0.15) is 49.3 Å². The van der Waals surface area contributed by atoms with Crippen LogP contribution in [-0.4, -0.2) is 67.5 Å². The summed E-state index contributed by atoms with van der Waals surface area (Å²) in [6, 6.07) is 15.5. The predicted octanol–water partition coefficient (Wildman–Crippen LogP) is 6.53. The summed E-state index contributed by atoms with van der Waals surface area (Å²) < 4.78 is 95.0. The lowest BCUT2D eigenvalue weighted by atomic mass is 10.0. The molecular formula is C40H41ClF2N6O8S2. The largest absolute Gasteiger partial charge is 0.497 e. The first-order chi connectivity index (χ1) is 27.5. The number of ether oxygens (including phenoxy) is 2. The molecule has 14 nitrogen and oxygen atoms in total. The zero-order valence-electron chi connectivity index (χ0n) is 33.1. The van der Waals surface area contributed by atoms with Gasteiger partial charge in [0, 0.05) is 25.8 Å². The minimum atomic E-state index is -4.03. The molecule has 2 heterocycles. The van der Waals surface area contributed by atoms with Gasteiger partial charge in [0.1, 0.15) is 28.8 Å². The summed E-state index contributed by atoms with van der Waals surface area (Å²) in [5.41, 5.74) is -0.337. The third-order valence-electron chi connectivity index (χ3n) is 9.01. The number of nitrogens with zero attached hydrogens (tertiary/aromatic N) is 5. The number of aryl methyl sites for hydroxylation is 1. The monoisotopic (exact) mass is 870 g/mol. The fourth-order valence-corrected chi connectivity index (χ4v) is 8.52. The van der Waals surface area contributed by atoms with Crippen LogP contribution in [0.4, 0.5) is 19.4 Å². The van der Waals surface area contributed by atoms with Gasteiger partial charge in [-0.25, -0.2) is 39.7 Å². The Hall–Kier alpha value is -5.59. The van der Waals surface area contributed by atoms with E-state index < -0.39 is 54.8 Å². The molecule has 1 atom stereocenters. The Kier molecular flexibility index (Phi) is 11.8. The van der Waals surface area contributed by atoms with Crippen LogP contribution in [0.2, 0.25) is 5.02 Å². The number of rotatable bonds is 12. The molecule has 0 saturated carbocycles. The fraction of sp³-hybridized carbons (Fsp3) is 0.300. The summed E-state index contributed by atoms with van der Waals surface area (Å²) in [7, 11) is -4.51. The van der Waals surface area contributed by atoms with Crippen LogP contribution in [0.15, 0.2) is 77.6 Å². The number of halogens is 3. The molecule has 1 amide bonds. The van der Waals surface area contributed by atoms with Crippen molar-refractivity contribution in [3.05, 3.63) is 122 Å². The predicted molar refractivity (Wildman–Crippen MR) is 221 cm³/mol. The first-order valence-corrected chi connectivity index (χ1v) is 22.2. The summed E-state index contributed by atoms with van der Waals surface area (Å²) >= 11 is 6.86. The third kappa shape index (κ3) is 9.83. The second-order valence-electron chi connectivity index (χ2n) is 15.1. The highest BCUT2D eigenvalue weighted by Crippen LogP contribution is 2.38. The Morgan fingerprint density at radius 2 is 1.58 bits per heavy atom. The molecule has 2 aromatic heterocycles. The molecule has 4 aromatic carbocycles. The zero-order valence-corrected chi connectivity index (χ0v) is 35.5. The molecule has 0 fully saturated rings. The number of anilines is 1. The van der Waals surface area contributed by atoms with E-state index in [0.717, 1.165) is 28.9 Å². The van der Waals surface area contributed by atoms with Crippen molar-refractivity contribution in [3.63, 3.8) is 0 Å². The summed E-state index contributed by atoms with van der Waals surface area (Å²) in [4.78, 5) is 33.2. The van der Waals surface area contributed by atoms with E-state index in [-0.39, 0.29) is 68.4 Å². The molecule has 312 valence electrons. The molecule has 59 heavy (non-hydrogen) atoms. The Morgan fingerprint density at radius 1 is 0.932 bits per heavy atom. The number of benzene rings is 4. The van der Waals surface area contributed by atoms with Crippen molar-refractivity contribution in [3.8, 4) is 11.4 Å². The van der Waals surface area contributed by atoms with E-state index in [0.29, 0.717) is 22.9 Å². The van der Waals surface area contributed by atoms with Gasteiger partial charge in [-0.05, 0) is 86.0 Å². The summed E-state index contributed by atoms with van der Waals surface area (Å²) in [6.45, 7) is 4.75. The van der Waals surface area contributed by atoms with E-state index in [9.17, 15) is 35.2 Å². The van der Waals surface area contributed by atoms with E-state index >= 15 is 0 Å². The molecule has 0 bridgehead atoms. The smallest absolute Gasteiger partial charge is 0.408 e. The van der Waals surface area contributed by atoms with E-state index in [2.05, 4.69) is 10.4 Å². The minimum Gasteiger partial charge on any atom is -0.497 e. The molecule has 0 spiro atoms. The molecule has 19 heteroatoms. The number of hydrogen-bond donors (Lipinski definition) is 1. The van der Waals surface area contributed by atoms with Crippen molar-refractivity contribution < 1.29 is 39.9 Å². The van der Waals surface area contributed by atoms with Gasteiger partial charge < -0.3 is 14.8 Å². The number of sulfone groups is 1. The minimum absolute atomic E-state index is 0.0431. The number of sulfonamides is 1. The van der Waals surface area contributed by atoms with Crippen molar-refractivity contribution in [1.82, 2.24) is 24.6 Å². The van der Waals surface area contributed by atoms with Crippen molar-refractivity contribution in [2.75, 3.05) is 23.9 Å². The second-order valence-corrected chi connectivity index (χ2v) is 19.5. The summed E-state index contributed by atoms with van der Waals surface area (Å²) in [6.07, 6.45) is 0.817. The fourth-order valence-electron chi connectivity index (χ4n) is 6.67. The number of fused-ring (bicyclic) bond motifs is 2. The van der Waals surface area contributed by atoms with Crippen molar-refractivity contribution in [1.29, 1.82) is 0 Å². The van der Waals surface area contributed by atoms with Crippen molar-refractivity contribution >= 4 is 65.2 Å². The number of carbonyl (C=O) groups is 1. The van der Waals surface area contributed by atoms with Gasteiger partial charge in [0.25, 0.3) is 5.56 Å². The van der Waals surface area contributed by atoms with Gasteiger partial charge in [0.05, 0.1) is 64.2 Å². The molecule has 0 radical (unpaired) electrons. The highest BCUT2D eigenvalue weighted by molar-refractivity contribution is 7.92.